The molecule has 1 heterocycles. The molecule has 0 aliphatic carbocycles. The Morgan fingerprint density at radius 2 is 2.06 bits per heavy atom. The molecule has 0 saturated carbocycles. The van der Waals surface area contributed by atoms with E-state index in [0.29, 0.717) is 0 Å². The predicted molar refractivity (Wildman–Crippen MR) is 79.5 cm³/mol. The second-order valence-electron chi connectivity index (χ2n) is 4.26. The molecular weight excluding hydrogens is 310 g/mol. The van der Waals surface area contributed by atoms with Crippen LogP contribution in [0.1, 0.15) is 16.3 Å². The molecule has 1 atom stereocenters. The van der Waals surface area contributed by atoms with Crippen molar-refractivity contribution in [3.63, 3.8) is 0 Å². The van der Waals surface area contributed by atoms with Gasteiger partial charge in [0.05, 0.1) is 10.7 Å². The van der Waals surface area contributed by atoms with Gasteiger partial charge in [-0.15, -0.1) is 11.3 Å². The minimum absolute atomic E-state index is 0.215. The summed E-state index contributed by atoms with van der Waals surface area (Å²) in [5.74, 6) is 5.62. The number of hydrogen-bond donors (Lipinski definition) is 2. The van der Waals surface area contributed by atoms with Crippen LogP contribution in [0.15, 0.2) is 34.1 Å². The molecule has 3 N–H and O–H groups in total. The third-order valence-corrected chi connectivity index (χ3v) is 4.10. The van der Waals surface area contributed by atoms with Crippen LogP contribution in [-0.4, -0.2) is 11.0 Å². The van der Waals surface area contributed by atoms with Crippen LogP contribution >= 0.6 is 27.3 Å². The van der Waals surface area contributed by atoms with Gasteiger partial charge in [-0.1, -0.05) is 28.1 Å². The SMILES string of the molecule is Cc1nc(CC(Cc2ccc(Br)cc2)NN)cs1. The molecule has 2 rings (SSSR count). The Hall–Kier alpha value is -0.750. The number of aromatic nitrogens is 1. The number of hydrazine groups is 1. The summed E-state index contributed by atoms with van der Waals surface area (Å²) >= 11 is 5.12. The minimum atomic E-state index is 0.215. The van der Waals surface area contributed by atoms with E-state index in [2.05, 4.69) is 56.0 Å². The Morgan fingerprint density at radius 3 is 2.61 bits per heavy atom. The molecule has 18 heavy (non-hydrogen) atoms. The zero-order chi connectivity index (χ0) is 13.0. The van der Waals surface area contributed by atoms with Crippen LogP contribution in [0.3, 0.4) is 0 Å². The summed E-state index contributed by atoms with van der Waals surface area (Å²) < 4.78 is 1.10. The lowest BCUT2D eigenvalue weighted by atomic mass is 10.0. The van der Waals surface area contributed by atoms with E-state index in [9.17, 15) is 0 Å². The van der Waals surface area contributed by atoms with Gasteiger partial charge in [-0.25, -0.2) is 4.98 Å². The first-order valence-corrected chi connectivity index (χ1v) is 7.46. The number of benzene rings is 1. The number of nitrogens with zero attached hydrogens (tertiary/aromatic N) is 1. The van der Waals surface area contributed by atoms with Gasteiger partial charge in [0.1, 0.15) is 0 Å². The molecule has 3 nitrogen and oxygen atoms in total. The Bertz CT molecular complexity index is 495. The van der Waals surface area contributed by atoms with Crippen molar-refractivity contribution >= 4 is 27.3 Å². The quantitative estimate of drug-likeness (QED) is 0.656. The van der Waals surface area contributed by atoms with Crippen LogP contribution in [0.4, 0.5) is 0 Å². The molecule has 0 aliphatic rings. The van der Waals surface area contributed by atoms with Crippen LogP contribution in [-0.2, 0) is 12.8 Å². The largest absolute Gasteiger partial charge is 0.271 e. The highest BCUT2D eigenvalue weighted by Gasteiger charge is 2.10. The maximum atomic E-state index is 5.62. The van der Waals surface area contributed by atoms with Crippen LogP contribution in [0.25, 0.3) is 0 Å². The van der Waals surface area contributed by atoms with Crippen molar-refractivity contribution in [2.24, 2.45) is 5.84 Å². The molecule has 0 aliphatic heterocycles. The van der Waals surface area contributed by atoms with Crippen LogP contribution in [0.2, 0.25) is 0 Å². The lowest BCUT2D eigenvalue weighted by molar-refractivity contribution is 0.518. The molecular formula is C13H16BrN3S. The van der Waals surface area contributed by atoms with Gasteiger partial charge in [-0.3, -0.25) is 11.3 Å². The summed E-state index contributed by atoms with van der Waals surface area (Å²) in [7, 11) is 0. The maximum Gasteiger partial charge on any atom is 0.0897 e. The second-order valence-corrected chi connectivity index (χ2v) is 6.23. The zero-order valence-corrected chi connectivity index (χ0v) is 12.6. The van der Waals surface area contributed by atoms with E-state index in [1.165, 1.54) is 5.56 Å². The number of thiazole rings is 1. The number of halogens is 1. The second kappa shape index (κ2) is 6.43. The summed E-state index contributed by atoms with van der Waals surface area (Å²) in [5, 5.41) is 3.20. The number of rotatable bonds is 5. The molecule has 1 aromatic heterocycles. The predicted octanol–water partition coefficient (Wildman–Crippen LogP) is 2.83. The Balaban J connectivity index is 1.99. The first-order valence-electron chi connectivity index (χ1n) is 5.79. The Kier molecular flexibility index (Phi) is 4.88. The molecule has 0 amide bonds. The molecule has 96 valence electrons. The van der Waals surface area contributed by atoms with Gasteiger partial charge in [-0.2, -0.15) is 0 Å². The van der Waals surface area contributed by atoms with Crippen molar-refractivity contribution in [3.05, 3.63) is 50.4 Å². The van der Waals surface area contributed by atoms with Gasteiger partial charge < -0.3 is 0 Å². The van der Waals surface area contributed by atoms with Crippen LogP contribution in [0, 0.1) is 6.92 Å². The number of hydrogen-bond acceptors (Lipinski definition) is 4. The highest BCUT2D eigenvalue weighted by atomic mass is 79.9. The van der Waals surface area contributed by atoms with E-state index in [4.69, 9.17) is 5.84 Å². The fourth-order valence-electron chi connectivity index (χ4n) is 1.85. The fraction of sp³-hybridized carbons (Fsp3) is 0.308. The smallest absolute Gasteiger partial charge is 0.0897 e. The van der Waals surface area contributed by atoms with E-state index < -0.39 is 0 Å². The molecule has 0 spiro atoms. The molecule has 1 unspecified atom stereocenters. The maximum absolute atomic E-state index is 5.62. The Morgan fingerprint density at radius 1 is 1.33 bits per heavy atom. The van der Waals surface area contributed by atoms with Crippen molar-refractivity contribution in [2.45, 2.75) is 25.8 Å². The van der Waals surface area contributed by atoms with E-state index in [1.807, 2.05) is 6.92 Å². The third-order valence-electron chi connectivity index (χ3n) is 2.75. The van der Waals surface area contributed by atoms with E-state index in [1.54, 1.807) is 11.3 Å². The van der Waals surface area contributed by atoms with Gasteiger partial charge >= 0.3 is 0 Å². The average molecular weight is 326 g/mol. The van der Waals surface area contributed by atoms with Crippen LogP contribution < -0.4 is 11.3 Å². The van der Waals surface area contributed by atoms with Gasteiger partial charge in [-0.05, 0) is 31.0 Å². The van der Waals surface area contributed by atoms with Gasteiger partial charge in [0, 0.05) is 22.3 Å². The van der Waals surface area contributed by atoms with Crippen molar-refractivity contribution in [1.82, 2.24) is 10.4 Å². The van der Waals surface area contributed by atoms with Gasteiger partial charge in [0.2, 0.25) is 0 Å². The summed E-state index contributed by atoms with van der Waals surface area (Å²) in [6.45, 7) is 2.02. The number of nitrogens with two attached hydrogens (primary N) is 1. The highest BCUT2D eigenvalue weighted by molar-refractivity contribution is 9.10. The van der Waals surface area contributed by atoms with E-state index in [-0.39, 0.29) is 6.04 Å². The lowest BCUT2D eigenvalue weighted by Crippen LogP contribution is -2.38. The van der Waals surface area contributed by atoms with E-state index in [0.717, 1.165) is 28.0 Å². The summed E-state index contributed by atoms with van der Waals surface area (Å²) in [6.07, 6.45) is 1.76. The average Bonchev–Trinajstić information content (AvgIpc) is 2.77. The summed E-state index contributed by atoms with van der Waals surface area (Å²) in [4.78, 5) is 4.47. The van der Waals surface area contributed by atoms with Crippen molar-refractivity contribution in [3.8, 4) is 0 Å². The van der Waals surface area contributed by atoms with Gasteiger partial charge in [0.25, 0.3) is 0 Å². The Labute approximate surface area is 120 Å². The van der Waals surface area contributed by atoms with E-state index >= 15 is 0 Å². The number of aryl methyl sites for hydroxylation is 1. The topological polar surface area (TPSA) is 50.9 Å². The minimum Gasteiger partial charge on any atom is -0.271 e. The first-order chi connectivity index (χ1) is 8.67. The molecule has 0 fully saturated rings. The van der Waals surface area contributed by atoms with Crippen LogP contribution in [0.5, 0.6) is 0 Å². The molecule has 1 aromatic carbocycles. The summed E-state index contributed by atoms with van der Waals surface area (Å²) in [5.41, 5.74) is 5.26. The number of nitrogens with one attached hydrogen (secondary N) is 1. The monoisotopic (exact) mass is 325 g/mol. The zero-order valence-electron chi connectivity index (χ0n) is 10.2. The third kappa shape index (κ3) is 3.88. The van der Waals surface area contributed by atoms with Gasteiger partial charge in [0.15, 0.2) is 0 Å². The van der Waals surface area contributed by atoms with Crippen molar-refractivity contribution in [1.29, 1.82) is 0 Å². The molecule has 5 heteroatoms. The highest BCUT2D eigenvalue weighted by Crippen LogP contribution is 2.14. The standard InChI is InChI=1S/C13H16BrN3S/c1-9-16-13(8-18-9)7-12(17-15)6-10-2-4-11(14)5-3-10/h2-5,8,12,17H,6-7,15H2,1H3. The molecule has 0 radical (unpaired) electrons. The lowest BCUT2D eigenvalue weighted by Gasteiger charge is -2.14. The summed E-state index contributed by atoms with van der Waals surface area (Å²) in [6, 6.07) is 8.54. The van der Waals surface area contributed by atoms with Crippen molar-refractivity contribution in [2.75, 3.05) is 0 Å². The molecule has 0 saturated heterocycles. The molecule has 0 bridgehead atoms. The van der Waals surface area contributed by atoms with Crippen molar-refractivity contribution < 1.29 is 0 Å². The normalized spacial score (nSPS) is 12.6. The molecule has 2 aromatic rings. The fourth-order valence-corrected chi connectivity index (χ4v) is 2.74. The first kappa shape index (κ1) is 13.7.